The molecule has 0 aliphatic rings. The number of nitrogens with two attached hydrogens (primary N) is 1. The summed E-state index contributed by atoms with van der Waals surface area (Å²) in [7, 11) is -2.56. The molecule has 0 fully saturated rings. The first kappa shape index (κ1) is 17.0. The van der Waals surface area contributed by atoms with Crippen molar-refractivity contribution in [1.29, 1.82) is 0 Å². The van der Waals surface area contributed by atoms with Crippen LogP contribution >= 0.6 is 23.1 Å². The van der Waals surface area contributed by atoms with Gasteiger partial charge in [-0.2, -0.15) is 0 Å². The SMILES string of the molecule is CC(Oc1cc(Br)cnc1N)c1cc(F)ccc1P(C)(C)=O. The average Bonchev–Trinajstić information content (AvgIpc) is 2.41. The van der Waals surface area contributed by atoms with Gasteiger partial charge < -0.3 is 15.0 Å². The number of rotatable bonds is 4. The Morgan fingerprint density at radius 3 is 2.68 bits per heavy atom. The molecular weight excluding hydrogens is 370 g/mol. The molecule has 4 nitrogen and oxygen atoms in total. The van der Waals surface area contributed by atoms with Crippen molar-refractivity contribution in [2.45, 2.75) is 13.0 Å². The smallest absolute Gasteiger partial charge is 0.166 e. The van der Waals surface area contributed by atoms with E-state index in [-0.39, 0.29) is 5.82 Å². The number of hydrogen-bond acceptors (Lipinski definition) is 4. The second kappa shape index (κ2) is 6.39. The lowest BCUT2D eigenvalue weighted by Gasteiger charge is -2.21. The van der Waals surface area contributed by atoms with Gasteiger partial charge in [0, 0.05) is 21.5 Å². The number of hydrogen-bond donors (Lipinski definition) is 1. The summed E-state index contributed by atoms with van der Waals surface area (Å²) in [5.74, 6) is 0.228. The summed E-state index contributed by atoms with van der Waals surface area (Å²) in [4.78, 5) is 3.99. The third kappa shape index (κ3) is 3.87. The fourth-order valence-corrected chi connectivity index (χ4v) is 3.73. The van der Waals surface area contributed by atoms with E-state index in [0.29, 0.717) is 16.6 Å². The topological polar surface area (TPSA) is 65.2 Å². The Morgan fingerprint density at radius 1 is 1.36 bits per heavy atom. The van der Waals surface area contributed by atoms with Crippen LogP contribution in [0.15, 0.2) is 34.9 Å². The molecule has 1 aromatic carbocycles. The number of ether oxygens (including phenoxy) is 1. The maximum atomic E-state index is 13.6. The Hall–Kier alpha value is -1.39. The third-order valence-corrected chi connectivity index (χ3v) is 5.16. The Balaban J connectivity index is 2.41. The van der Waals surface area contributed by atoms with Crippen LogP contribution in [-0.4, -0.2) is 18.3 Å². The molecule has 0 aliphatic heterocycles. The van der Waals surface area contributed by atoms with Gasteiger partial charge in [0.2, 0.25) is 0 Å². The zero-order valence-corrected chi connectivity index (χ0v) is 15.0. The van der Waals surface area contributed by atoms with Crippen molar-refractivity contribution in [1.82, 2.24) is 4.98 Å². The molecule has 22 heavy (non-hydrogen) atoms. The van der Waals surface area contributed by atoms with Crippen molar-refractivity contribution in [3.8, 4) is 5.75 Å². The average molecular weight is 387 g/mol. The number of aromatic nitrogens is 1. The Kier molecular flexibility index (Phi) is 4.93. The summed E-state index contributed by atoms with van der Waals surface area (Å²) in [6.07, 6.45) is 1.05. The molecule has 2 rings (SSSR count). The van der Waals surface area contributed by atoms with Gasteiger partial charge in [0.05, 0.1) is 0 Å². The molecule has 0 spiro atoms. The Labute approximate surface area is 137 Å². The van der Waals surface area contributed by atoms with Crippen LogP contribution in [-0.2, 0) is 4.57 Å². The van der Waals surface area contributed by atoms with E-state index < -0.39 is 19.1 Å². The maximum absolute atomic E-state index is 13.6. The van der Waals surface area contributed by atoms with E-state index in [1.807, 2.05) is 0 Å². The molecule has 0 radical (unpaired) electrons. The van der Waals surface area contributed by atoms with Gasteiger partial charge in [0.15, 0.2) is 11.6 Å². The van der Waals surface area contributed by atoms with Crippen molar-refractivity contribution < 1.29 is 13.7 Å². The monoisotopic (exact) mass is 386 g/mol. The molecule has 0 saturated carbocycles. The molecule has 2 N–H and O–H groups in total. The fraction of sp³-hybridized carbons (Fsp3) is 0.267. The molecule has 1 unspecified atom stereocenters. The summed E-state index contributed by atoms with van der Waals surface area (Å²) >= 11 is 3.30. The number of nitrogens with zero attached hydrogens (tertiary/aromatic N) is 1. The summed E-state index contributed by atoms with van der Waals surface area (Å²) in [5, 5.41) is 0.600. The number of anilines is 1. The van der Waals surface area contributed by atoms with E-state index in [2.05, 4.69) is 20.9 Å². The van der Waals surface area contributed by atoms with Crippen molar-refractivity contribution >= 4 is 34.2 Å². The van der Waals surface area contributed by atoms with Gasteiger partial charge in [0.25, 0.3) is 0 Å². The predicted molar refractivity (Wildman–Crippen MR) is 90.9 cm³/mol. The lowest BCUT2D eigenvalue weighted by atomic mass is 10.1. The van der Waals surface area contributed by atoms with Crippen LogP contribution in [0, 0.1) is 5.82 Å². The minimum Gasteiger partial charge on any atom is -0.482 e. The maximum Gasteiger partial charge on any atom is 0.166 e. The van der Waals surface area contributed by atoms with E-state index in [9.17, 15) is 8.96 Å². The molecule has 118 valence electrons. The summed E-state index contributed by atoms with van der Waals surface area (Å²) < 4.78 is 32.5. The number of halogens is 2. The second-order valence-electron chi connectivity index (χ2n) is 5.35. The molecule has 0 bridgehead atoms. The molecule has 1 heterocycles. The highest BCUT2D eigenvalue weighted by molar-refractivity contribution is 9.10. The van der Waals surface area contributed by atoms with E-state index in [4.69, 9.17) is 10.5 Å². The van der Waals surface area contributed by atoms with Crippen molar-refractivity contribution in [2.75, 3.05) is 19.1 Å². The van der Waals surface area contributed by atoms with Gasteiger partial charge in [0.1, 0.15) is 19.1 Å². The van der Waals surface area contributed by atoms with E-state index in [1.165, 1.54) is 12.1 Å². The van der Waals surface area contributed by atoms with Crippen molar-refractivity contribution in [2.24, 2.45) is 0 Å². The second-order valence-corrected chi connectivity index (χ2v) is 9.45. The number of nitrogen functional groups attached to an aromatic ring is 1. The first-order valence-corrected chi connectivity index (χ1v) is 10.0. The minimum absolute atomic E-state index is 0.240. The van der Waals surface area contributed by atoms with Gasteiger partial charge in [-0.3, -0.25) is 0 Å². The van der Waals surface area contributed by atoms with Gasteiger partial charge in [-0.1, -0.05) is 0 Å². The van der Waals surface area contributed by atoms with Gasteiger partial charge in [-0.05, 0) is 60.4 Å². The lowest BCUT2D eigenvalue weighted by molar-refractivity contribution is 0.228. The zero-order valence-electron chi connectivity index (χ0n) is 12.5. The number of benzene rings is 1. The highest BCUT2D eigenvalue weighted by Gasteiger charge is 2.22. The van der Waals surface area contributed by atoms with Crippen LogP contribution in [0.1, 0.15) is 18.6 Å². The van der Waals surface area contributed by atoms with Crippen molar-refractivity contribution in [3.63, 3.8) is 0 Å². The normalized spacial score (nSPS) is 13.0. The molecule has 7 heteroatoms. The van der Waals surface area contributed by atoms with Crippen LogP contribution < -0.4 is 15.8 Å². The van der Waals surface area contributed by atoms with E-state index >= 15 is 0 Å². The summed E-state index contributed by atoms with van der Waals surface area (Å²) in [5.41, 5.74) is 6.33. The molecule has 2 aromatic rings. The third-order valence-electron chi connectivity index (χ3n) is 3.16. The van der Waals surface area contributed by atoms with Crippen LogP contribution in [0.4, 0.5) is 10.2 Å². The van der Waals surface area contributed by atoms with Gasteiger partial charge in [-0.15, -0.1) is 0 Å². The molecule has 1 atom stereocenters. The summed E-state index contributed by atoms with van der Waals surface area (Å²) in [6, 6.07) is 5.89. The Bertz CT molecular complexity index is 748. The molecule has 0 amide bonds. The zero-order chi connectivity index (χ0) is 16.5. The Morgan fingerprint density at radius 2 is 2.05 bits per heavy atom. The van der Waals surface area contributed by atoms with E-state index in [1.54, 1.807) is 38.6 Å². The van der Waals surface area contributed by atoms with Gasteiger partial charge in [-0.25, -0.2) is 9.37 Å². The molecule has 0 aliphatic carbocycles. The standard InChI is InChI=1S/C15H17BrFN2O2P/c1-9(21-13-6-10(16)8-19-15(13)18)12-7-11(17)4-5-14(12)22(2,3)20/h4-9H,1-3H3,(H2,18,19). The lowest BCUT2D eigenvalue weighted by Crippen LogP contribution is -2.17. The minimum atomic E-state index is -2.56. The van der Waals surface area contributed by atoms with Gasteiger partial charge >= 0.3 is 0 Å². The predicted octanol–water partition coefficient (Wildman–Crippen LogP) is 3.95. The van der Waals surface area contributed by atoms with Crippen LogP contribution in [0.5, 0.6) is 5.75 Å². The van der Waals surface area contributed by atoms with E-state index in [0.717, 1.165) is 4.47 Å². The first-order chi connectivity index (χ1) is 10.2. The molecule has 1 aromatic heterocycles. The fourth-order valence-electron chi connectivity index (χ4n) is 2.12. The first-order valence-electron chi connectivity index (χ1n) is 6.61. The van der Waals surface area contributed by atoms with Crippen LogP contribution in [0.3, 0.4) is 0 Å². The van der Waals surface area contributed by atoms with Crippen LogP contribution in [0.25, 0.3) is 0 Å². The highest BCUT2D eigenvalue weighted by Crippen LogP contribution is 2.38. The van der Waals surface area contributed by atoms with Crippen LogP contribution in [0.2, 0.25) is 0 Å². The quantitative estimate of drug-likeness (QED) is 0.807. The number of pyridine rings is 1. The summed E-state index contributed by atoms with van der Waals surface area (Å²) in [6.45, 7) is 5.05. The molecular formula is C15H17BrFN2O2P. The van der Waals surface area contributed by atoms with Crippen molar-refractivity contribution in [3.05, 3.63) is 46.3 Å². The molecule has 0 saturated heterocycles. The highest BCUT2D eigenvalue weighted by atomic mass is 79.9. The largest absolute Gasteiger partial charge is 0.482 e.